The zero-order valence-corrected chi connectivity index (χ0v) is 9.30. The summed E-state index contributed by atoms with van der Waals surface area (Å²) in [6, 6.07) is 2.31. The Morgan fingerprint density at radius 2 is 2.00 bits per heavy atom. The Kier molecular flexibility index (Phi) is 1.80. The largest absolute Gasteiger partial charge is 0.393 e. The third-order valence-corrected chi connectivity index (χ3v) is 5.61. The maximum Gasteiger partial charge on any atom is 0.0627 e. The molecule has 78 valence electrons. The fraction of sp³-hybridized carbons (Fsp3) is 0.917. The van der Waals surface area contributed by atoms with Crippen LogP contribution in [0.1, 0.15) is 46.5 Å². The highest BCUT2D eigenvalue weighted by atomic mass is 16.3. The highest BCUT2D eigenvalue weighted by Gasteiger charge is 2.68. The average molecular weight is 193 g/mol. The molecule has 0 unspecified atom stereocenters. The molecule has 2 nitrogen and oxygen atoms in total. The smallest absolute Gasteiger partial charge is 0.0627 e. The average Bonchev–Trinajstić information content (AvgIpc) is 2.35. The third-order valence-electron chi connectivity index (χ3n) is 5.61. The maximum absolute atomic E-state index is 10.1. The molecule has 0 heterocycles. The van der Waals surface area contributed by atoms with Gasteiger partial charge in [0.2, 0.25) is 0 Å². The molecule has 14 heavy (non-hydrogen) atoms. The van der Waals surface area contributed by atoms with E-state index in [-0.39, 0.29) is 22.3 Å². The van der Waals surface area contributed by atoms with E-state index in [0.717, 1.165) is 19.3 Å². The lowest BCUT2D eigenvalue weighted by Gasteiger charge is -2.40. The first-order valence-corrected chi connectivity index (χ1v) is 5.45. The molecule has 0 saturated heterocycles. The van der Waals surface area contributed by atoms with Crippen molar-refractivity contribution in [1.82, 2.24) is 0 Å². The third kappa shape index (κ3) is 0.803. The first-order valence-electron chi connectivity index (χ1n) is 5.45. The van der Waals surface area contributed by atoms with E-state index in [1.54, 1.807) is 0 Å². The molecule has 0 radical (unpaired) electrons. The summed E-state index contributed by atoms with van der Waals surface area (Å²) in [5.41, 5.74) is 0.217. The molecule has 1 N–H and O–H groups in total. The Hall–Kier alpha value is -0.550. The number of nitrogens with zero attached hydrogens (tertiary/aromatic N) is 1. The molecule has 2 bridgehead atoms. The van der Waals surface area contributed by atoms with Crippen LogP contribution in [0.3, 0.4) is 0 Å². The van der Waals surface area contributed by atoms with Crippen molar-refractivity contribution in [3.63, 3.8) is 0 Å². The number of rotatable bonds is 1. The lowest BCUT2D eigenvalue weighted by atomic mass is 9.64. The fourth-order valence-corrected chi connectivity index (χ4v) is 3.80. The molecular weight excluding hydrogens is 174 g/mol. The van der Waals surface area contributed by atoms with Crippen molar-refractivity contribution in [2.75, 3.05) is 0 Å². The molecule has 0 aliphatic heterocycles. The molecule has 2 fully saturated rings. The molecule has 2 rings (SSSR count). The Bertz CT molecular complexity index is 304. The molecule has 2 saturated carbocycles. The summed E-state index contributed by atoms with van der Waals surface area (Å²) >= 11 is 0. The highest BCUT2D eigenvalue weighted by Crippen LogP contribution is 2.73. The van der Waals surface area contributed by atoms with Gasteiger partial charge in [0.1, 0.15) is 0 Å². The van der Waals surface area contributed by atoms with Crippen LogP contribution in [0.4, 0.5) is 0 Å². The van der Waals surface area contributed by atoms with Gasteiger partial charge < -0.3 is 5.11 Å². The predicted molar refractivity (Wildman–Crippen MR) is 54.4 cm³/mol. The molecule has 0 aromatic heterocycles. The van der Waals surface area contributed by atoms with E-state index in [1.165, 1.54) is 0 Å². The molecule has 0 amide bonds. The van der Waals surface area contributed by atoms with Crippen LogP contribution >= 0.6 is 0 Å². The van der Waals surface area contributed by atoms with Crippen molar-refractivity contribution in [2.24, 2.45) is 16.2 Å². The number of aliphatic hydroxyl groups excluding tert-OH is 1. The lowest BCUT2D eigenvalue weighted by Crippen LogP contribution is -2.36. The Balaban J connectivity index is 2.44. The lowest BCUT2D eigenvalue weighted by molar-refractivity contribution is 0.0112. The van der Waals surface area contributed by atoms with Crippen molar-refractivity contribution in [3.05, 3.63) is 0 Å². The van der Waals surface area contributed by atoms with Gasteiger partial charge in [-0.05, 0) is 35.5 Å². The van der Waals surface area contributed by atoms with Gasteiger partial charge in [0.25, 0.3) is 0 Å². The van der Waals surface area contributed by atoms with Gasteiger partial charge in [-0.3, -0.25) is 0 Å². The molecular formula is C12H19NO. The van der Waals surface area contributed by atoms with E-state index in [9.17, 15) is 5.11 Å². The number of hydrogen-bond donors (Lipinski definition) is 1. The number of nitriles is 1. The Morgan fingerprint density at radius 3 is 2.36 bits per heavy atom. The predicted octanol–water partition coefficient (Wildman–Crippen LogP) is 2.48. The second kappa shape index (κ2) is 2.52. The number of hydrogen-bond acceptors (Lipinski definition) is 2. The fourth-order valence-electron chi connectivity index (χ4n) is 3.80. The number of fused-ring (bicyclic) bond motifs is 2. The normalized spacial score (nSPS) is 49.2. The maximum atomic E-state index is 10.1. The standard InChI is InChI=1S/C12H19NO/c1-10(2)11(3)4-5-12(10,6-7-13)8-9(11)14/h9,14H,4-6,8H2,1-3H3/t9-,11+,12-/m0/s1. The second-order valence-electron chi connectivity index (χ2n) is 5.88. The van der Waals surface area contributed by atoms with Gasteiger partial charge in [-0.15, -0.1) is 0 Å². The van der Waals surface area contributed by atoms with Crippen molar-refractivity contribution in [1.29, 1.82) is 5.26 Å². The van der Waals surface area contributed by atoms with Gasteiger partial charge in [0.15, 0.2) is 0 Å². The van der Waals surface area contributed by atoms with Gasteiger partial charge in [0, 0.05) is 6.42 Å². The summed E-state index contributed by atoms with van der Waals surface area (Å²) in [5.74, 6) is 0. The summed E-state index contributed by atoms with van der Waals surface area (Å²) in [6.45, 7) is 6.64. The minimum atomic E-state index is -0.209. The van der Waals surface area contributed by atoms with Crippen molar-refractivity contribution < 1.29 is 5.11 Å². The first kappa shape index (κ1) is 9.98. The van der Waals surface area contributed by atoms with Gasteiger partial charge in [-0.25, -0.2) is 0 Å². The van der Waals surface area contributed by atoms with E-state index < -0.39 is 0 Å². The van der Waals surface area contributed by atoms with Crippen LogP contribution in [-0.2, 0) is 0 Å². The van der Waals surface area contributed by atoms with E-state index in [2.05, 4.69) is 26.8 Å². The van der Waals surface area contributed by atoms with E-state index >= 15 is 0 Å². The van der Waals surface area contributed by atoms with Gasteiger partial charge in [-0.2, -0.15) is 5.26 Å². The van der Waals surface area contributed by atoms with Gasteiger partial charge in [-0.1, -0.05) is 20.8 Å². The summed E-state index contributed by atoms with van der Waals surface area (Å²) in [6.07, 6.45) is 3.40. The topological polar surface area (TPSA) is 44.0 Å². The summed E-state index contributed by atoms with van der Waals surface area (Å²) < 4.78 is 0. The highest BCUT2D eigenvalue weighted by molar-refractivity contribution is 5.19. The van der Waals surface area contributed by atoms with Crippen molar-refractivity contribution in [3.8, 4) is 6.07 Å². The zero-order chi connectivity index (χ0) is 10.6. The Labute approximate surface area is 85.9 Å². The van der Waals surface area contributed by atoms with E-state index in [0.29, 0.717) is 6.42 Å². The zero-order valence-electron chi connectivity index (χ0n) is 9.30. The quantitative estimate of drug-likeness (QED) is 0.695. The molecule has 0 aromatic rings. The van der Waals surface area contributed by atoms with Crippen LogP contribution in [0.25, 0.3) is 0 Å². The van der Waals surface area contributed by atoms with Crippen LogP contribution < -0.4 is 0 Å². The molecule has 0 spiro atoms. The SMILES string of the molecule is CC1(C)[C@]2(CC#N)CC[C@]1(C)[C@@H](O)C2. The molecule has 3 atom stereocenters. The molecule has 2 aliphatic rings. The number of aliphatic hydroxyl groups is 1. The summed E-state index contributed by atoms with van der Waals surface area (Å²) in [5, 5.41) is 19.0. The first-order chi connectivity index (χ1) is 6.40. The Morgan fingerprint density at radius 1 is 1.36 bits per heavy atom. The van der Waals surface area contributed by atoms with E-state index in [4.69, 9.17) is 5.26 Å². The van der Waals surface area contributed by atoms with Crippen LogP contribution in [0.15, 0.2) is 0 Å². The van der Waals surface area contributed by atoms with Crippen LogP contribution in [0.5, 0.6) is 0 Å². The van der Waals surface area contributed by atoms with Gasteiger partial charge in [0.05, 0.1) is 12.2 Å². The van der Waals surface area contributed by atoms with E-state index in [1.807, 2.05) is 0 Å². The summed E-state index contributed by atoms with van der Waals surface area (Å²) in [4.78, 5) is 0. The van der Waals surface area contributed by atoms with Crippen LogP contribution in [0.2, 0.25) is 0 Å². The minimum absolute atomic E-state index is 0.0316. The van der Waals surface area contributed by atoms with Crippen LogP contribution in [0, 0.1) is 27.6 Å². The van der Waals surface area contributed by atoms with Gasteiger partial charge >= 0.3 is 0 Å². The van der Waals surface area contributed by atoms with Crippen molar-refractivity contribution >= 4 is 0 Å². The van der Waals surface area contributed by atoms with Crippen molar-refractivity contribution in [2.45, 2.75) is 52.6 Å². The minimum Gasteiger partial charge on any atom is -0.393 e. The monoisotopic (exact) mass is 193 g/mol. The molecule has 2 heteroatoms. The second-order valence-corrected chi connectivity index (χ2v) is 5.88. The van der Waals surface area contributed by atoms with Crippen LogP contribution in [-0.4, -0.2) is 11.2 Å². The summed E-state index contributed by atoms with van der Waals surface area (Å²) in [7, 11) is 0. The molecule has 2 aliphatic carbocycles. The molecule has 0 aromatic carbocycles.